The van der Waals surface area contributed by atoms with Crippen molar-refractivity contribution in [2.75, 3.05) is 13.6 Å². The zero-order valence-electron chi connectivity index (χ0n) is 12.0. The van der Waals surface area contributed by atoms with Crippen molar-refractivity contribution in [2.45, 2.75) is 19.3 Å². The summed E-state index contributed by atoms with van der Waals surface area (Å²) in [5, 5.41) is 3.23. The van der Waals surface area contributed by atoms with E-state index >= 15 is 0 Å². The molecule has 2 aliphatic rings. The Hall–Kier alpha value is -1.86. The van der Waals surface area contributed by atoms with E-state index in [0.29, 0.717) is 0 Å². The van der Waals surface area contributed by atoms with Crippen molar-refractivity contribution in [3.8, 4) is 0 Å². The molecule has 0 atom stereocenters. The summed E-state index contributed by atoms with van der Waals surface area (Å²) in [5.74, 6) is 0. The summed E-state index contributed by atoms with van der Waals surface area (Å²) in [7, 11) is 2.01. The lowest BCUT2D eigenvalue weighted by atomic mass is 9.88. The fourth-order valence-electron chi connectivity index (χ4n) is 2.95. The third-order valence-corrected chi connectivity index (χ3v) is 3.99. The van der Waals surface area contributed by atoms with Gasteiger partial charge in [-0.25, -0.2) is 0 Å². The highest BCUT2D eigenvalue weighted by molar-refractivity contribution is 5.87. The molecule has 20 heavy (non-hydrogen) atoms. The van der Waals surface area contributed by atoms with Gasteiger partial charge in [-0.3, -0.25) is 0 Å². The second-order valence-electron chi connectivity index (χ2n) is 5.31. The molecule has 3 rings (SSSR count). The first-order chi connectivity index (χ1) is 9.90. The van der Waals surface area contributed by atoms with Crippen molar-refractivity contribution in [3.63, 3.8) is 0 Å². The highest BCUT2D eigenvalue weighted by Gasteiger charge is 2.18. The molecule has 0 aliphatic heterocycles. The summed E-state index contributed by atoms with van der Waals surface area (Å²) in [6.07, 6.45) is 14.6. The first-order valence-corrected chi connectivity index (χ1v) is 7.40. The van der Waals surface area contributed by atoms with E-state index in [-0.39, 0.29) is 0 Å². The van der Waals surface area contributed by atoms with Gasteiger partial charge in [-0.15, -0.1) is 0 Å². The van der Waals surface area contributed by atoms with Crippen LogP contribution in [0.5, 0.6) is 0 Å². The molecule has 0 radical (unpaired) electrons. The molecule has 0 fully saturated rings. The predicted octanol–water partition coefficient (Wildman–Crippen LogP) is 4.05. The molecule has 1 aromatic carbocycles. The topological polar surface area (TPSA) is 12.0 Å². The van der Waals surface area contributed by atoms with Gasteiger partial charge in [0.1, 0.15) is 0 Å². The normalized spacial score (nSPS) is 18.9. The van der Waals surface area contributed by atoms with E-state index in [2.05, 4.69) is 60.0 Å². The van der Waals surface area contributed by atoms with Crippen LogP contribution in [0, 0.1) is 0 Å². The Morgan fingerprint density at radius 3 is 3.00 bits per heavy atom. The molecule has 1 nitrogen and oxygen atoms in total. The van der Waals surface area contributed by atoms with E-state index in [1.807, 2.05) is 7.05 Å². The van der Waals surface area contributed by atoms with Crippen LogP contribution in [-0.2, 0) is 6.42 Å². The van der Waals surface area contributed by atoms with Crippen molar-refractivity contribution in [3.05, 3.63) is 76.9 Å². The molecule has 0 amide bonds. The third-order valence-electron chi connectivity index (χ3n) is 3.99. The number of hydrogen-bond acceptors (Lipinski definition) is 1. The summed E-state index contributed by atoms with van der Waals surface area (Å²) in [5.41, 5.74) is 7.12. The summed E-state index contributed by atoms with van der Waals surface area (Å²) in [6.45, 7) is 1.02. The zero-order chi connectivity index (χ0) is 13.8. The van der Waals surface area contributed by atoms with Gasteiger partial charge in [0.05, 0.1) is 0 Å². The number of hydrogen-bond donors (Lipinski definition) is 1. The fourth-order valence-corrected chi connectivity index (χ4v) is 2.95. The third kappa shape index (κ3) is 2.54. The Morgan fingerprint density at radius 2 is 2.10 bits per heavy atom. The maximum absolute atomic E-state index is 3.23. The lowest BCUT2D eigenvalue weighted by Crippen LogP contribution is -2.06. The smallest absolute Gasteiger partial charge is 0.00169 e. The minimum absolute atomic E-state index is 1.02. The lowest BCUT2D eigenvalue weighted by Gasteiger charge is -2.16. The zero-order valence-corrected chi connectivity index (χ0v) is 12.0. The van der Waals surface area contributed by atoms with Crippen molar-refractivity contribution >= 4 is 5.57 Å². The molecule has 2 aliphatic carbocycles. The highest BCUT2D eigenvalue weighted by Crippen LogP contribution is 2.37. The quantitative estimate of drug-likeness (QED) is 0.811. The molecule has 0 bridgehead atoms. The van der Waals surface area contributed by atoms with Gasteiger partial charge >= 0.3 is 0 Å². The van der Waals surface area contributed by atoms with Gasteiger partial charge in [0.15, 0.2) is 0 Å². The average molecular weight is 263 g/mol. The Bertz CT molecular complexity index is 614. The van der Waals surface area contributed by atoms with Gasteiger partial charge in [-0.2, -0.15) is 0 Å². The number of benzene rings is 1. The molecule has 0 heterocycles. The Morgan fingerprint density at radius 1 is 1.20 bits per heavy atom. The monoisotopic (exact) mass is 263 g/mol. The summed E-state index contributed by atoms with van der Waals surface area (Å²) in [6, 6.07) is 8.80. The standard InChI is InChI=1S/C19H21N/c1-20-14-6-11-19-17-9-4-2-7-15(17)12-13-16-8-3-5-10-18(16)19/h2-5,7,9-11,13,20H,6,8,12,14H2,1H3. The molecule has 1 N–H and O–H groups in total. The van der Waals surface area contributed by atoms with Crippen LogP contribution in [0.25, 0.3) is 5.57 Å². The minimum atomic E-state index is 1.02. The van der Waals surface area contributed by atoms with E-state index in [9.17, 15) is 0 Å². The van der Waals surface area contributed by atoms with Crippen LogP contribution in [0.2, 0.25) is 0 Å². The van der Waals surface area contributed by atoms with E-state index < -0.39 is 0 Å². The number of rotatable bonds is 3. The Labute approximate surface area is 121 Å². The summed E-state index contributed by atoms with van der Waals surface area (Å²) < 4.78 is 0. The van der Waals surface area contributed by atoms with Gasteiger partial charge in [-0.05, 0) is 60.7 Å². The maximum Gasteiger partial charge on any atom is -0.00169 e. The van der Waals surface area contributed by atoms with Crippen LogP contribution in [0.1, 0.15) is 24.0 Å². The molecular weight excluding hydrogens is 242 g/mol. The molecule has 0 spiro atoms. The van der Waals surface area contributed by atoms with Crippen molar-refractivity contribution in [2.24, 2.45) is 0 Å². The van der Waals surface area contributed by atoms with Crippen LogP contribution in [-0.4, -0.2) is 13.6 Å². The summed E-state index contributed by atoms with van der Waals surface area (Å²) in [4.78, 5) is 0. The second-order valence-corrected chi connectivity index (χ2v) is 5.31. The van der Waals surface area contributed by atoms with Gasteiger partial charge < -0.3 is 5.32 Å². The minimum Gasteiger partial charge on any atom is -0.319 e. The molecule has 0 saturated carbocycles. The average Bonchev–Trinajstić information content (AvgIpc) is 2.66. The molecule has 0 saturated heterocycles. The second kappa shape index (κ2) is 6.06. The van der Waals surface area contributed by atoms with Gasteiger partial charge in [0, 0.05) is 0 Å². The summed E-state index contributed by atoms with van der Waals surface area (Å²) >= 11 is 0. The number of fused-ring (bicyclic) bond motifs is 2. The van der Waals surface area contributed by atoms with Gasteiger partial charge in [-0.1, -0.05) is 54.6 Å². The van der Waals surface area contributed by atoms with Gasteiger partial charge in [0.25, 0.3) is 0 Å². The molecule has 1 aromatic rings. The van der Waals surface area contributed by atoms with Crippen molar-refractivity contribution < 1.29 is 0 Å². The SMILES string of the molecule is CNCCC=C1C2=CC=CCC2=CCc2ccccc21. The van der Waals surface area contributed by atoms with E-state index in [0.717, 1.165) is 25.8 Å². The van der Waals surface area contributed by atoms with E-state index in [1.54, 1.807) is 0 Å². The number of nitrogens with one attached hydrogen (secondary N) is 1. The Kier molecular flexibility index (Phi) is 3.98. The van der Waals surface area contributed by atoms with Crippen molar-refractivity contribution in [1.29, 1.82) is 0 Å². The largest absolute Gasteiger partial charge is 0.319 e. The highest BCUT2D eigenvalue weighted by atomic mass is 14.8. The first-order valence-electron chi connectivity index (χ1n) is 7.40. The fraction of sp³-hybridized carbons (Fsp3) is 0.263. The number of allylic oxidation sites excluding steroid dienone is 7. The lowest BCUT2D eigenvalue weighted by molar-refractivity contribution is 0.808. The predicted molar refractivity (Wildman–Crippen MR) is 86.6 cm³/mol. The van der Waals surface area contributed by atoms with Crippen LogP contribution >= 0.6 is 0 Å². The van der Waals surface area contributed by atoms with E-state index in [4.69, 9.17) is 0 Å². The van der Waals surface area contributed by atoms with Crippen LogP contribution in [0.4, 0.5) is 0 Å². The maximum atomic E-state index is 3.23. The molecule has 0 unspecified atom stereocenters. The first kappa shape index (κ1) is 13.1. The van der Waals surface area contributed by atoms with Crippen molar-refractivity contribution in [1.82, 2.24) is 5.32 Å². The molecular formula is C19H21N. The Balaban J connectivity index is 2.08. The van der Waals surface area contributed by atoms with Crippen LogP contribution in [0.3, 0.4) is 0 Å². The van der Waals surface area contributed by atoms with Crippen LogP contribution in [0.15, 0.2) is 65.8 Å². The van der Waals surface area contributed by atoms with Crippen LogP contribution < -0.4 is 5.32 Å². The molecule has 102 valence electrons. The molecule has 1 heteroatoms. The van der Waals surface area contributed by atoms with E-state index in [1.165, 1.54) is 27.8 Å². The molecule has 0 aromatic heterocycles. The van der Waals surface area contributed by atoms with Gasteiger partial charge in [0.2, 0.25) is 0 Å².